The molecule has 3 atom stereocenters. The van der Waals surface area contributed by atoms with E-state index in [4.69, 9.17) is 10.5 Å². The first-order valence-electron chi connectivity index (χ1n) is 12.3. The molecule has 10 nitrogen and oxygen atoms in total. The summed E-state index contributed by atoms with van der Waals surface area (Å²) in [7, 11) is 0. The van der Waals surface area contributed by atoms with Gasteiger partial charge in [-0.3, -0.25) is 18.8 Å². The third kappa shape index (κ3) is 7.69. The fourth-order valence-corrected chi connectivity index (χ4v) is 4.31. The first-order valence-corrected chi connectivity index (χ1v) is 12.3. The molecule has 1 saturated heterocycles. The Bertz CT molecular complexity index is 1260. The molecule has 2 N–H and O–H groups in total. The van der Waals surface area contributed by atoms with Crippen molar-refractivity contribution in [3.8, 4) is 12.1 Å². The van der Waals surface area contributed by atoms with E-state index in [1.165, 1.54) is 11.1 Å². The molecule has 0 aromatic carbocycles. The predicted octanol–water partition coefficient (Wildman–Crippen LogP) is 2.96. The number of nitrogens with zero attached hydrogens (tertiary/aromatic N) is 5. The maximum absolute atomic E-state index is 11.9. The lowest BCUT2D eigenvalue weighted by Crippen LogP contribution is -2.44. The highest BCUT2D eigenvalue weighted by molar-refractivity contribution is 5.87. The maximum Gasteiger partial charge on any atom is 0.471 e. The number of halogens is 3. The Kier molecular flexibility index (Phi) is 10.1. The van der Waals surface area contributed by atoms with E-state index in [-0.39, 0.29) is 5.41 Å². The Morgan fingerprint density at radius 1 is 1.21 bits per heavy atom. The zero-order valence-corrected chi connectivity index (χ0v) is 22.4. The average Bonchev–Trinajstić information content (AvgIpc) is 3.29. The van der Waals surface area contributed by atoms with Gasteiger partial charge in [-0.25, -0.2) is 4.98 Å². The van der Waals surface area contributed by atoms with Gasteiger partial charge in [0.25, 0.3) is 0 Å². The fourth-order valence-electron chi connectivity index (χ4n) is 4.31. The van der Waals surface area contributed by atoms with Crippen molar-refractivity contribution >= 4 is 23.9 Å². The van der Waals surface area contributed by atoms with Gasteiger partial charge in [0.15, 0.2) is 6.04 Å². The number of hydrogen-bond donors (Lipinski definition) is 2. The summed E-state index contributed by atoms with van der Waals surface area (Å²) < 4.78 is 37.3. The minimum atomic E-state index is -4.94. The van der Waals surface area contributed by atoms with Crippen LogP contribution in [0.4, 0.5) is 13.2 Å². The average molecular weight is 548 g/mol. The predicted molar refractivity (Wildman–Crippen MR) is 134 cm³/mol. The number of pyridine rings is 1. The number of nitrogens with one attached hydrogen (secondary N) is 2. The molecule has 0 spiro atoms. The van der Waals surface area contributed by atoms with Crippen molar-refractivity contribution in [1.29, 1.82) is 10.5 Å². The number of likely N-dealkylation sites (tertiary alicyclic amines) is 1. The molecule has 2 aromatic rings. The molecule has 0 radical (unpaired) electrons. The molecule has 1 unspecified atom stereocenters. The van der Waals surface area contributed by atoms with E-state index in [2.05, 4.69) is 44.9 Å². The van der Waals surface area contributed by atoms with Gasteiger partial charge in [-0.2, -0.15) is 23.7 Å². The van der Waals surface area contributed by atoms with Crippen molar-refractivity contribution in [2.75, 3.05) is 19.6 Å². The number of imidazole rings is 1. The van der Waals surface area contributed by atoms with Crippen molar-refractivity contribution in [2.24, 2.45) is 23.2 Å². The minimum Gasteiger partial charge on any atom is -0.341 e. The zero-order chi connectivity index (χ0) is 29.5. The third-order valence-corrected chi connectivity index (χ3v) is 6.46. The Hall–Kier alpha value is -4.13. The van der Waals surface area contributed by atoms with E-state index in [1.54, 1.807) is 27.9 Å². The maximum atomic E-state index is 11.9. The molecule has 210 valence electrons. The molecule has 1 aliphatic heterocycles. The van der Waals surface area contributed by atoms with Gasteiger partial charge in [0.2, 0.25) is 12.3 Å². The summed E-state index contributed by atoms with van der Waals surface area (Å²) in [4.78, 5) is 38.2. The van der Waals surface area contributed by atoms with Crippen molar-refractivity contribution in [3.63, 3.8) is 0 Å². The normalized spacial score (nSPS) is 19.2. The number of hydrogen-bond acceptors (Lipinski definition) is 6. The van der Waals surface area contributed by atoms with E-state index in [0.29, 0.717) is 48.4 Å². The first-order chi connectivity index (χ1) is 18.2. The molecule has 1 aliphatic carbocycles. The number of fused-ring (bicyclic) bond motifs is 2. The van der Waals surface area contributed by atoms with Gasteiger partial charge in [-0.05, 0) is 35.3 Å². The standard InChI is InChI=1S/C11H15F3N2O2.C11H7N5O.C4H10/c1-10(2)6-4-16(5-7(6)10)8(17)3-15-9(18)11(12,13)14;12-4-8-2-1-3-11-14-6-10(16(8)11)9(5-13)15-7-17;1-4(2)3/h6-7H,3-5H2,1-2H3,(H,15,18);1-3,6-7,9H,(H,15,17);4H,1-3H3/t6-,7+;;. The van der Waals surface area contributed by atoms with Crippen molar-refractivity contribution < 1.29 is 27.6 Å². The molecule has 2 aliphatic rings. The Balaban J connectivity index is 0.000000241. The second-order valence-electron chi connectivity index (χ2n) is 10.5. The Labute approximate surface area is 224 Å². The highest BCUT2D eigenvalue weighted by Crippen LogP contribution is 2.61. The van der Waals surface area contributed by atoms with Crippen LogP contribution >= 0.6 is 0 Å². The number of aromatic nitrogens is 2. The van der Waals surface area contributed by atoms with Crippen molar-refractivity contribution in [3.05, 3.63) is 35.8 Å². The number of nitriles is 2. The van der Waals surface area contributed by atoms with Gasteiger partial charge in [0.05, 0.1) is 24.5 Å². The highest BCUT2D eigenvalue weighted by atomic mass is 19.4. The minimum absolute atomic E-state index is 0.242. The van der Waals surface area contributed by atoms with Gasteiger partial charge >= 0.3 is 12.1 Å². The van der Waals surface area contributed by atoms with E-state index >= 15 is 0 Å². The number of carbonyl (C=O) groups excluding carboxylic acids is 3. The van der Waals surface area contributed by atoms with E-state index in [9.17, 15) is 27.6 Å². The summed E-state index contributed by atoms with van der Waals surface area (Å²) in [5.41, 5.74) is 1.63. The summed E-state index contributed by atoms with van der Waals surface area (Å²) in [6.07, 6.45) is -3.02. The van der Waals surface area contributed by atoms with Gasteiger partial charge in [-0.1, -0.05) is 40.7 Å². The van der Waals surface area contributed by atoms with Crippen molar-refractivity contribution in [2.45, 2.75) is 46.8 Å². The van der Waals surface area contributed by atoms with Gasteiger partial charge in [0.1, 0.15) is 17.4 Å². The number of rotatable bonds is 5. The van der Waals surface area contributed by atoms with Crippen LogP contribution in [0, 0.1) is 45.8 Å². The van der Waals surface area contributed by atoms with Crippen LogP contribution in [0.3, 0.4) is 0 Å². The van der Waals surface area contributed by atoms with Crippen LogP contribution in [0.15, 0.2) is 24.4 Å². The Morgan fingerprint density at radius 2 is 1.79 bits per heavy atom. The molecule has 3 heterocycles. The summed E-state index contributed by atoms with van der Waals surface area (Å²) in [6.45, 7) is 11.3. The molecule has 2 aromatic heterocycles. The number of carbonyl (C=O) groups is 3. The highest BCUT2D eigenvalue weighted by Gasteiger charge is 2.62. The lowest BCUT2D eigenvalue weighted by atomic mass is 10.1. The number of amides is 3. The third-order valence-electron chi connectivity index (χ3n) is 6.46. The smallest absolute Gasteiger partial charge is 0.341 e. The number of alkyl halides is 3. The molecule has 39 heavy (non-hydrogen) atoms. The lowest BCUT2D eigenvalue weighted by Gasteiger charge is -2.22. The van der Waals surface area contributed by atoms with E-state index in [1.807, 2.05) is 12.1 Å². The van der Waals surface area contributed by atoms with Crippen LogP contribution in [-0.4, -0.2) is 58.3 Å². The zero-order valence-electron chi connectivity index (χ0n) is 22.4. The SMILES string of the molecule is CC(C)C.CC1(C)[C@@H]2CN(C(=O)CNC(=O)C(F)(F)F)C[C@@H]21.N#Cc1cccc2ncc(C(C#N)NC=O)n12. The van der Waals surface area contributed by atoms with Gasteiger partial charge in [-0.15, -0.1) is 0 Å². The molecule has 4 rings (SSSR count). The van der Waals surface area contributed by atoms with Crippen LogP contribution < -0.4 is 10.6 Å². The van der Waals surface area contributed by atoms with Crippen LogP contribution in [0.25, 0.3) is 5.65 Å². The van der Waals surface area contributed by atoms with Crippen LogP contribution in [-0.2, 0) is 14.4 Å². The summed E-state index contributed by atoms with van der Waals surface area (Å²) in [6, 6.07) is 8.18. The second-order valence-corrected chi connectivity index (χ2v) is 10.5. The summed E-state index contributed by atoms with van der Waals surface area (Å²) in [5, 5.41) is 21.9. The van der Waals surface area contributed by atoms with Gasteiger partial charge < -0.3 is 15.5 Å². The molecule has 1 saturated carbocycles. The fraction of sp³-hybridized carbons (Fsp3) is 0.538. The number of piperidine rings is 1. The molecule has 3 amide bonds. The molecular formula is C26H32F3N7O3. The Morgan fingerprint density at radius 3 is 2.28 bits per heavy atom. The summed E-state index contributed by atoms with van der Waals surface area (Å²) >= 11 is 0. The van der Waals surface area contributed by atoms with E-state index in [0.717, 1.165) is 5.92 Å². The van der Waals surface area contributed by atoms with E-state index < -0.39 is 30.6 Å². The lowest BCUT2D eigenvalue weighted by molar-refractivity contribution is -0.174. The first kappa shape index (κ1) is 31.1. The second kappa shape index (κ2) is 12.6. The topological polar surface area (TPSA) is 143 Å². The monoisotopic (exact) mass is 547 g/mol. The van der Waals surface area contributed by atoms with Crippen LogP contribution in [0.1, 0.15) is 52.0 Å². The molecule has 13 heteroatoms. The molecular weight excluding hydrogens is 515 g/mol. The molecule has 0 bridgehead atoms. The largest absolute Gasteiger partial charge is 0.471 e. The van der Waals surface area contributed by atoms with Crippen LogP contribution in [0.5, 0.6) is 0 Å². The summed E-state index contributed by atoms with van der Waals surface area (Å²) in [5.74, 6) is -0.796. The molecule has 2 fully saturated rings. The quantitative estimate of drug-likeness (QED) is 0.551. The van der Waals surface area contributed by atoms with Crippen molar-refractivity contribution in [1.82, 2.24) is 24.9 Å². The van der Waals surface area contributed by atoms with Gasteiger partial charge in [0, 0.05) is 13.1 Å². The van der Waals surface area contributed by atoms with Crippen LogP contribution in [0.2, 0.25) is 0 Å².